The molecule has 1 rings (SSSR count). The van der Waals surface area contributed by atoms with E-state index in [1.807, 2.05) is 24.9 Å². The molecular weight excluding hydrogens is 228 g/mol. The Morgan fingerprint density at radius 2 is 2.17 bits per heavy atom. The van der Waals surface area contributed by atoms with Crippen LogP contribution >= 0.6 is 0 Å². The summed E-state index contributed by atoms with van der Waals surface area (Å²) in [4.78, 5) is 13.3. The number of nitrogens with two attached hydrogens (primary N) is 1. The van der Waals surface area contributed by atoms with Gasteiger partial charge in [-0.2, -0.15) is 0 Å². The number of benzene rings is 1. The van der Waals surface area contributed by atoms with Crippen molar-refractivity contribution in [3.05, 3.63) is 34.9 Å². The van der Waals surface area contributed by atoms with E-state index in [4.69, 9.17) is 10.5 Å². The van der Waals surface area contributed by atoms with Gasteiger partial charge >= 0.3 is 5.97 Å². The van der Waals surface area contributed by atoms with Crippen molar-refractivity contribution in [2.45, 2.75) is 26.9 Å². The second-order valence-electron chi connectivity index (χ2n) is 4.44. The van der Waals surface area contributed by atoms with Crippen LogP contribution in [0, 0.1) is 6.92 Å². The molecule has 0 bridgehead atoms. The number of likely N-dealkylation sites (N-methyl/N-ethyl adjacent to an activating group) is 1. The number of aryl methyl sites for hydroxylation is 1. The van der Waals surface area contributed by atoms with Crippen LogP contribution in [0.5, 0.6) is 0 Å². The maximum absolute atomic E-state index is 11.3. The van der Waals surface area contributed by atoms with Crippen molar-refractivity contribution in [1.82, 2.24) is 4.90 Å². The molecule has 0 aliphatic heterocycles. The molecule has 1 aromatic rings. The Kier molecular flexibility index (Phi) is 5.82. The van der Waals surface area contributed by atoms with Gasteiger partial charge in [0.2, 0.25) is 0 Å². The Balaban J connectivity index is 2.59. The van der Waals surface area contributed by atoms with E-state index in [2.05, 4.69) is 19.1 Å². The van der Waals surface area contributed by atoms with Gasteiger partial charge in [0.15, 0.2) is 0 Å². The van der Waals surface area contributed by atoms with E-state index >= 15 is 0 Å². The topological polar surface area (TPSA) is 55.6 Å². The summed E-state index contributed by atoms with van der Waals surface area (Å²) in [7, 11) is 1.91. The van der Waals surface area contributed by atoms with Gasteiger partial charge in [-0.3, -0.25) is 9.69 Å². The van der Waals surface area contributed by atoms with Crippen LogP contribution in [0.1, 0.15) is 23.6 Å². The largest absolute Gasteiger partial charge is 0.465 e. The monoisotopic (exact) mass is 250 g/mol. The molecular formula is C14H22N2O2. The van der Waals surface area contributed by atoms with Crippen LogP contribution in [0.15, 0.2) is 18.2 Å². The lowest BCUT2D eigenvalue weighted by Gasteiger charge is -2.17. The van der Waals surface area contributed by atoms with Gasteiger partial charge in [-0.05, 0) is 37.6 Å². The minimum absolute atomic E-state index is 0.184. The highest BCUT2D eigenvalue weighted by Crippen LogP contribution is 2.12. The first kappa shape index (κ1) is 14.7. The van der Waals surface area contributed by atoms with E-state index in [1.54, 1.807) is 0 Å². The summed E-state index contributed by atoms with van der Waals surface area (Å²) in [6.07, 6.45) is 0. The minimum atomic E-state index is -0.184. The van der Waals surface area contributed by atoms with E-state index in [1.165, 1.54) is 11.1 Å². The molecule has 0 unspecified atom stereocenters. The van der Waals surface area contributed by atoms with Crippen molar-refractivity contribution in [3.63, 3.8) is 0 Å². The molecule has 0 aliphatic carbocycles. The van der Waals surface area contributed by atoms with Crippen LogP contribution in [-0.4, -0.2) is 31.1 Å². The lowest BCUT2D eigenvalue weighted by molar-refractivity contribution is -0.144. The van der Waals surface area contributed by atoms with Gasteiger partial charge in [-0.15, -0.1) is 0 Å². The molecule has 0 aliphatic rings. The molecule has 0 aromatic heterocycles. The van der Waals surface area contributed by atoms with Crippen LogP contribution in [0.2, 0.25) is 0 Å². The van der Waals surface area contributed by atoms with Crippen molar-refractivity contribution in [1.29, 1.82) is 0 Å². The number of ether oxygens (including phenoxy) is 1. The van der Waals surface area contributed by atoms with E-state index < -0.39 is 0 Å². The predicted molar refractivity (Wildman–Crippen MR) is 72.0 cm³/mol. The number of hydrogen-bond donors (Lipinski definition) is 1. The van der Waals surface area contributed by atoms with Gasteiger partial charge in [-0.1, -0.05) is 18.2 Å². The second kappa shape index (κ2) is 7.13. The summed E-state index contributed by atoms with van der Waals surface area (Å²) in [5.41, 5.74) is 9.14. The molecule has 4 heteroatoms. The predicted octanol–water partition coefficient (Wildman–Crippen LogP) is 1.45. The molecule has 0 radical (unpaired) electrons. The minimum Gasteiger partial charge on any atom is -0.465 e. The lowest BCUT2D eigenvalue weighted by atomic mass is 10.0. The average Bonchev–Trinajstić information content (AvgIpc) is 2.31. The van der Waals surface area contributed by atoms with Gasteiger partial charge in [0.25, 0.3) is 0 Å². The van der Waals surface area contributed by atoms with Crippen molar-refractivity contribution < 1.29 is 9.53 Å². The van der Waals surface area contributed by atoms with E-state index in [0.29, 0.717) is 19.7 Å². The van der Waals surface area contributed by atoms with Crippen LogP contribution in [0.25, 0.3) is 0 Å². The third-order valence-corrected chi connectivity index (χ3v) is 2.79. The van der Waals surface area contributed by atoms with Crippen molar-refractivity contribution in [2.75, 3.05) is 20.2 Å². The fraction of sp³-hybridized carbons (Fsp3) is 0.500. The SMILES string of the molecule is CCOC(=O)CN(C)Cc1ccc(CN)cc1C. The van der Waals surface area contributed by atoms with Crippen LogP contribution in [-0.2, 0) is 22.6 Å². The third-order valence-electron chi connectivity index (χ3n) is 2.79. The summed E-state index contributed by atoms with van der Waals surface area (Å²) in [6, 6.07) is 6.19. The van der Waals surface area contributed by atoms with Gasteiger partial charge in [0, 0.05) is 13.1 Å². The number of carbonyl (C=O) groups is 1. The van der Waals surface area contributed by atoms with Crippen molar-refractivity contribution in [3.8, 4) is 0 Å². The fourth-order valence-corrected chi connectivity index (χ4v) is 1.84. The highest BCUT2D eigenvalue weighted by Gasteiger charge is 2.09. The highest BCUT2D eigenvalue weighted by molar-refractivity contribution is 5.71. The normalized spacial score (nSPS) is 10.7. The van der Waals surface area contributed by atoms with Crippen molar-refractivity contribution >= 4 is 5.97 Å². The molecule has 0 fully saturated rings. The van der Waals surface area contributed by atoms with Crippen LogP contribution in [0.3, 0.4) is 0 Å². The van der Waals surface area contributed by atoms with Gasteiger partial charge < -0.3 is 10.5 Å². The van der Waals surface area contributed by atoms with E-state index in [-0.39, 0.29) is 5.97 Å². The molecule has 0 atom stereocenters. The van der Waals surface area contributed by atoms with Crippen LogP contribution < -0.4 is 5.73 Å². The lowest BCUT2D eigenvalue weighted by Crippen LogP contribution is -2.27. The fourth-order valence-electron chi connectivity index (χ4n) is 1.84. The maximum atomic E-state index is 11.3. The zero-order chi connectivity index (χ0) is 13.5. The molecule has 100 valence electrons. The summed E-state index contributed by atoms with van der Waals surface area (Å²) >= 11 is 0. The first-order valence-electron chi connectivity index (χ1n) is 6.19. The van der Waals surface area contributed by atoms with Gasteiger partial charge in [-0.25, -0.2) is 0 Å². The van der Waals surface area contributed by atoms with E-state index in [9.17, 15) is 4.79 Å². The Morgan fingerprint density at radius 1 is 1.44 bits per heavy atom. The molecule has 0 spiro atoms. The average molecular weight is 250 g/mol. The summed E-state index contributed by atoms with van der Waals surface area (Å²) in [5.74, 6) is -0.184. The molecule has 0 heterocycles. The first-order valence-corrected chi connectivity index (χ1v) is 6.19. The smallest absolute Gasteiger partial charge is 0.320 e. The summed E-state index contributed by atoms with van der Waals surface area (Å²) in [5, 5.41) is 0. The number of carbonyl (C=O) groups excluding carboxylic acids is 1. The van der Waals surface area contributed by atoms with Crippen LogP contribution in [0.4, 0.5) is 0 Å². The number of esters is 1. The summed E-state index contributed by atoms with van der Waals surface area (Å²) < 4.78 is 4.92. The molecule has 4 nitrogen and oxygen atoms in total. The zero-order valence-electron chi connectivity index (χ0n) is 11.4. The number of nitrogens with zero attached hydrogens (tertiary/aromatic N) is 1. The quantitative estimate of drug-likeness (QED) is 0.776. The van der Waals surface area contributed by atoms with Gasteiger partial charge in [0.05, 0.1) is 13.2 Å². The Hall–Kier alpha value is -1.39. The molecule has 0 saturated carbocycles. The third kappa shape index (κ3) is 4.47. The maximum Gasteiger partial charge on any atom is 0.320 e. The highest BCUT2D eigenvalue weighted by atomic mass is 16.5. The van der Waals surface area contributed by atoms with E-state index in [0.717, 1.165) is 12.1 Å². The van der Waals surface area contributed by atoms with Crippen molar-refractivity contribution in [2.24, 2.45) is 5.73 Å². The second-order valence-corrected chi connectivity index (χ2v) is 4.44. The Labute approximate surface area is 109 Å². The number of rotatable bonds is 6. The molecule has 1 aromatic carbocycles. The standard InChI is InChI=1S/C14H22N2O2/c1-4-18-14(17)10-16(3)9-13-6-5-12(8-15)7-11(13)2/h5-7H,4,8-10,15H2,1-3H3. The Morgan fingerprint density at radius 3 is 2.72 bits per heavy atom. The molecule has 18 heavy (non-hydrogen) atoms. The zero-order valence-corrected chi connectivity index (χ0v) is 11.4. The number of hydrogen-bond acceptors (Lipinski definition) is 4. The Bertz CT molecular complexity index is 405. The summed E-state index contributed by atoms with van der Waals surface area (Å²) in [6.45, 7) is 5.90. The molecule has 0 amide bonds. The molecule has 2 N–H and O–H groups in total. The van der Waals surface area contributed by atoms with Gasteiger partial charge in [0.1, 0.15) is 0 Å². The molecule has 0 saturated heterocycles. The first-order chi connectivity index (χ1) is 8.56.